The van der Waals surface area contributed by atoms with E-state index in [-0.39, 0.29) is 17.6 Å². The summed E-state index contributed by atoms with van der Waals surface area (Å²) in [5, 5.41) is 15.7. The van der Waals surface area contributed by atoms with Crippen LogP contribution in [0.2, 0.25) is 0 Å². The summed E-state index contributed by atoms with van der Waals surface area (Å²) >= 11 is 0. The zero-order valence-electron chi connectivity index (χ0n) is 16.8. The van der Waals surface area contributed by atoms with Crippen LogP contribution in [0.3, 0.4) is 0 Å². The first-order valence-electron chi connectivity index (χ1n) is 10.2. The summed E-state index contributed by atoms with van der Waals surface area (Å²) in [5.41, 5.74) is -1.04. The predicted molar refractivity (Wildman–Crippen MR) is 105 cm³/mol. The molecule has 2 aliphatic carbocycles. The van der Waals surface area contributed by atoms with E-state index in [0.717, 1.165) is 11.1 Å². The Kier molecular flexibility index (Phi) is 3.70. The molecule has 0 radical (unpaired) electrons. The van der Waals surface area contributed by atoms with E-state index in [2.05, 4.69) is 5.16 Å². The highest BCUT2D eigenvalue weighted by Gasteiger charge is 2.73. The number of ether oxygens (including phenoxy) is 1. The van der Waals surface area contributed by atoms with Gasteiger partial charge in [-0.05, 0) is 50.3 Å². The number of fused-ring (bicyclic) bond motifs is 4. The van der Waals surface area contributed by atoms with Crippen molar-refractivity contribution in [1.29, 1.82) is 0 Å². The quantitative estimate of drug-likeness (QED) is 0.739. The summed E-state index contributed by atoms with van der Waals surface area (Å²) in [6.07, 6.45) is 3.85. The van der Waals surface area contributed by atoms with Crippen molar-refractivity contribution in [1.82, 2.24) is 0 Å². The van der Waals surface area contributed by atoms with Crippen molar-refractivity contribution in [3.63, 3.8) is 0 Å². The Morgan fingerprint density at radius 2 is 1.90 bits per heavy atom. The lowest BCUT2D eigenvalue weighted by Gasteiger charge is -2.43. The van der Waals surface area contributed by atoms with E-state index in [1.165, 1.54) is 6.08 Å². The molecule has 0 amide bonds. The number of hydrogen-bond donors (Lipinski definition) is 1. The van der Waals surface area contributed by atoms with Crippen molar-refractivity contribution in [2.45, 2.75) is 57.3 Å². The fourth-order valence-corrected chi connectivity index (χ4v) is 5.70. The lowest BCUT2D eigenvalue weighted by molar-refractivity contribution is -0.169. The van der Waals surface area contributed by atoms with Crippen molar-refractivity contribution in [3.8, 4) is 0 Å². The topological polar surface area (TPSA) is 85.2 Å². The Morgan fingerprint density at radius 3 is 2.62 bits per heavy atom. The van der Waals surface area contributed by atoms with E-state index in [1.807, 2.05) is 38.1 Å². The van der Waals surface area contributed by atoms with Gasteiger partial charge in [0.15, 0.2) is 5.78 Å². The van der Waals surface area contributed by atoms with Gasteiger partial charge in [0.2, 0.25) is 5.60 Å². The SMILES string of the molecule is Cc1ccc(C2=NOC3(C2)C(=O)O[C@@H]2[C@H]3CC[C@H](C)[C@]3(O)C=CC(=O)[C@@]23C)cc1. The van der Waals surface area contributed by atoms with Crippen molar-refractivity contribution >= 4 is 17.5 Å². The van der Waals surface area contributed by atoms with E-state index < -0.39 is 28.7 Å². The first-order valence-corrected chi connectivity index (χ1v) is 10.2. The van der Waals surface area contributed by atoms with Gasteiger partial charge in [0.05, 0.1) is 11.6 Å². The van der Waals surface area contributed by atoms with E-state index in [1.54, 1.807) is 13.0 Å². The third kappa shape index (κ3) is 2.18. The number of carbonyl (C=O) groups is 2. The molecule has 5 rings (SSSR count). The maximum Gasteiger partial charge on any atom is 0.354 e. The Morgan fingerprint density at radius 1 is 1.17 bits per heavy atom. The molecule has 1 aromatic carbocycles. The summed E-state index contributed by atoms with van der Waals surface area (Å²) in [4.78, 5) is 31.8. The first kappa shape index (κ1) is 18.6. The summed E-state index contributed by atoms with van der Waals surface area (Å²) < 4.78 is 5.83. The van der Waals surface area contributed by atoms with Crippen LogP contribution in [0.25, 0.3) is 0 Å². The zero-order chi connectivity index (χ0) is 20.6. The van der Waals surface area contributed by atoms with Gasteiger partial charge < -0.3 is 14.7 Å². The van der Waals surface area contributed by atoms with Crippen LogP contribution in [0.1, 0.15) is 44.2 Å². The van der Waals surface area contributed by atoms with E-state index >= 15 is 0 Å². The minimum Gasteiger partial charge on any atom is -0.458 e. The molecular weight excluding hydrogens is 370 g/mol. The zero-order valence-corrected chi connectivity index (χ0v) is 16.8. The highest BCUT2D eigenvalue weighted by atomic mass is 16.7. The van der Waals surface area contributed by atoms with Gasteiger partial charge in [0.25, 0.3) is 0 Å². The van der Waals surface area contributed by atoms with Crippen LogP contribution in [0.4, 0.5) is 0 Å². The number of ketones is 1. The first-order chi connectivity index (χ1) is 13.7. The van der Waals surface area contributed by atoms with Crippen molar-refractivity contribution in [2.75, 3.05) is 0 Å². The molecule has 6 nitrogen and oxygen atoms in total. The van der Waals surface area contributed by atoms with Crippen LogP contribution in [0.5, 0.6) is 0 Å². The minimum absolute atomic E-state index is 0.143. The number of aliphatic hydroxyl groups is 1. The Hall–Kier alpha value is -2.47. The number of hydrogen-bond acceptors (Lipinski definition) is 6. The third-order valence-corrected chi connectivity index (χ3v) is 7.74. The summed E-state index contributed by atoms with van der Waals surface area (Å²) in [6, 6.07) is 7.92. The van der Waals surface area contributed by atoms with Gasteiger partial charge >= 0.3 is 5.97 Å². The van der Waals surface area contributed by atoms with Crippen LogP contribution < -0.4 is 0 Å². The van der Waals surface area contributed by atoms with Gasteiger partial charge in [-0.1, -0.05) is 41.9 Å². The molecule has 2 aliphatic heterocycles. The van der Waals surface area contributed by atoms with Crippen molar-refractivity contribution < 1.29 is 24.3 Å². The highest BCUT2D eigenvalue weighted by molar-refractivity contribution is 6.06. The number of oxime groups is 1. The van der Waals surface area contributed by atoms with Gasteiger partial charge in [-0.3, -0.25) is 4.79 Å². The average molecular weight is 395 g/mol. The molecule has 29 heavy (non-hydrogen) atoms. The number of benzene rings is 1. The molecule has 0 bridgehead atoms. The lowest BCUT2D eigenvalue weighted by atomic mass is 9.63. The molecule has 6 atom stereocenters. The van der Waals surface area contributed by atoms with E-state index in [0.29, 0.717) is 25.0 Å². The average Bonchev–Trinajstić information content (AvgIpc) is 3.32. The maximum atomic E-state index is 13.1. The number of allylic oxidation sites excluding steroid dienone is 1. The second kappa shape index (κ2) is 5.79. The van der Waals surface area contributed by atoms with Gasteiger partial charge in [-0.25, -0.2) is 4.79 Å². The highest BCUT2D eigenvalue weighted by Crippen LogP contribution is 2.59. The largest absolute Gasteiger partial charge is 0.458 e. The molecule has 2 fully saturated rings. The second-order valence-electron chi connectivity index (χ2n) is 9.20. The van der Waals surface area contributed by atoms with Crippen molar-refractivity contribution in [3.05, 3.63) is 47.5 Å². The molecule has 1 spiro atoms. The molecule has 1 aromatic rings. The fraction of sp³-hybridized carbons (Fsp3) is 0.522. The Bertz CT molecular complexity index is 966. The van der Waals surface area contributed by atoms with Crippen molar-refractivity contribution in [2.24, 2.45) is 22.4 Å². The number of rotatable bonds is 1. The van der Waals surface area contributed by atoms with E-state index in [4.69, 9.17) is 9.57 Å². The number of nitrogens with zero attached hydrogens (tertiary/aromatic N) is 1. The molecule has 1 unspecified atom stereocenters. The monoisotopic (exact) mass is 395 g/mol. The maximum absolute atomic E-state index is 13.1. The van der Waals surface area contributed by atoms with Crippen LogP contribution in [0, 0.1) is 24.2 Å². The molecule has 1 N–H and O–H groups in total. The minimum atomic E-state index is -1.34. The normalized spacial score (nSPS) is 42.9. The predicted octanol–water partition coefficient (Wildman–Crippen LogP) is 2.71. The molecule has 6 heteroatoms. The molecule has 152 valence electrons. The van der Waals surface area contributed by atoms with Gasteiger partial charge in [-0.2, -0.15) is 0 Å². The van der Waals surface area contributed by atoms with Gasteiger partial charge in [-0.15, -0.1) is 0 Å². The molecule has 1 saturated heterocycles. The van der Waals surface area contributed by atoms with Gasteiger partial charge in [0, 0.05) is 6.42 Å². The lowest BCUT2D eigenvalue weighted by Crippen LogP contribution is -2.57. The summed E-state index contributed by atoms with van der Waals surface area (Å²) in [6.45, 7) is 5.68. The molecule has 2 heterocycles. The second-order valence-corrected chi connectivity index (χ2v) is 9.20. The van der Waals surface area contributed by atoms with Crippen LogP contribution in [-0.4, -0.2) is 39.9 Å². The third-order valence-electron chi connectivity index (χ3n) is 7.74. The van der Waals surface area contributed by atoms with Crippen LogP contribution in [-0.2, 0) is 19.2 Å². The van der Waals surface area contributed by atoms with Crippen LogP contribution >= 0.6 is 0 Å². The Labute approximate surface area is 169 Å². The number of esters is 1. The molecule has 0 aromatic heterocycles. The molecule has 1 saturated carbocycles. The molecule has 4 aliphatic rings. The Balaban J connectivity index is 1.53. The summed E-state index contributed by atoms with van der Waals surface area (Å²) in [7, 11) is 0. The summed E-state index contributed by atoms with van der Waals surface area (Å²) in [5.74, 6) is -1.19. The smallest absolute Gasteiger partial charge is 0.354 e. The van der Waals surface area contributed by atoms with Crippen LogP contribution in [0.15, 0.2) is 41.6 Å². The fourth-order valence-electron chi connectivity index (χ4n) is 5.70. The van der Waals surface area contributed by atoms with E-state index in [9.17, 15) is 14.7 Å². The number of carbonyl (C=O) groups excluding carboxylic acids is 2. The van der Waals surface area contributed by atoms with Gasteiger partial charge in [0.1, 0.15) is 17.1 Å². The molecular formula is C23H25NO5. The standard InChI is InChI=1S/C23H25NO5/c1-13-4-7-15(8-5-13)17-12-22(29-24-17)16-9-6-14(2)23(27)11-10-18(25)21(23,3)19(16)28-20(22)26/h4-5,7-8,10-11,14,16,19,27H,6,9,12H2,1-3H3/t14-,16+,19+,21-,22?,23+/m0/s1. The number of aryl methyl sites for hydroxylation is 1.